The second-order valence-electron chi connectivity index (χ2n) is 5.64. The van der Waals surface area contributed by atoms with Gasteiger partial charge in [-0.05, 0) is 48.2 Å². The molecule has 0 fully saturated rings. The summed E-state index contributed by atoms with van der Waals surface area (Å²) in [5.41, 5.74) is 9.52. The first-order valence-electron chi connectivity index (χ1n) is 7.24. The summed E-state index contributed by atoms with van der Waals surface area (Å²) in [6, 6.07) is 15.3. The molecule has 22 heavy (non-hydrogen) atoms. The zero-order chi connectivity index (χ0) is 15.4. The van der Waals surface area contributed by atoms with Crippen molar-refractivity contribution >= 4 is 24.0 Å². The van der Waals surface area contributed by atoms with Gasteiger partial charge >= 0.3 is 0 Å². The molecule has 2 rings (SSSR count). The van der Waals surface area contributed by atoms with E-state index in [1.54, 1.807) is 0 Å². The number of nitrogens with two attached hydrogens (primary N) is 1. The summed E-state index contributed by atoms with van der Waals surface area (Å²) in [7, 11) is 0. The van der Waals surface area contributed by atoms with Gasteiger partial charge < -0.3 is 11.1 Å². The first kappa shape index (κ1) is 18.2. The lowest BCUT2D eigenvalue weighted by Crippen LogP contribution is -2.12. The smallest absolute Gasteiger partial charge is 0.255 e. The van der Waals surface area contributed by atoms with E-state index in [9.17, 15) is 4.79 Å². The molecule has 0 aliphatic heterocycles. The lowest BCUT2D eigenvalue weighted by molar-refractivity contribution is 0.102. The summed E-state index contributed by atoms with van der Waals surface area (Å²) in [4.78, 5) is 12.2. The van der Waals surface area contributed by atoms with Gasteiger partial charge in [-0.1, -0.05) is 38.1 Å². The summed E-state index contributed by atoms with van der Waals surface area (Å²) in [5, 5.41) is 2.89. The summed E-state index contributed by atoms with van der Waals surface area (Å²) in [6.45, 7) is 6.20. The van der Waals surface area contributed by atoms with Crippen LogP contribution in [0.1, 0.15) is 54.2 Å². The minimum absolute atomic E-state index is 0. The van der Waals surface area contributed by atoms with Crippen molar-refractivity contribution < 1.29 is 4.79 Å². The molecule has 0 aliphatic carbocycles. The molecule has 1 unspecified atom stereocenters. The lowest BCUT2D eigenvalue weighted by atomic mass is 10.0. The largest absolute Gasteiger partial charge is 0.324 e. The Kier molecular flexibility index (Phi) is 6.60. The van der Waals surface area contributed by atoms with Crippen molar-refractivity contribution in [2.45, 2.75) is 32.7 Å². The predicted molar refractivity (Wildman–Crippen MR) is 94.8 cm³/mol. The maximum absolute atomic E-state index is 12.2. The highest BCUT2D eigenvalue weighted by Gasteiger charge is 2.07. The number of carbonyl (C=O) groups excluding carboxylic acids is 1. The Morgan fingerprint density at radius 1 is 0.909 bits per heavy atom. The molecule has 2 aromatic rings. The third-order valence-electron chi connectivity index (χ3n) is 3.53. The Hall–Kier alpha value is -1.84. The number of carbonyl (C=O) groups is 1. The number of halogens is 1. The Morgan fingerprint density at radius 3 is 1.86 bits per heavy atom. The number of amides is 1. The quantitative estimate of drug-likeness (QED) is 0.871. The van der Waals surface area contributed by atoms with E-state index in [4.69, 9.17) is 5.73 Å². The van der Waals surface area contributed by atoms with Crippen LogP contribution in [0.2, 0.25) is 0 Å². The molecule has 0 saturated carbocycles. The molecular weight excluding hydrogens is 296 g/mol. The van der Waals surface area contributed by atoms with Crippen LogP contribution < -0.4 is 11.1 Å². The van der Waals surface area contributed by atoms with Gasteiger partial charge in [0.25, 0.3) is 5.91 Å². The summed E-state index contributed by atoms with van der Waals surface area (Å²) in [5.74, 6) is 0.367. The predicted octanol–water partition coefficient (Wildman–Crippen LogP) is 4.50. The van der Waals surface area contributed by atoms with Crippen molar-refractivity contribution in [2.24, 2.45) is 5.73 Å². The van der Waals surface area contributed by atoms with Crippen LogP contribution in [0.5, 0.6) is 0 Å². The summed E-state index contributed by atoms with van der Waals surface area (Å²) >= 11 is 0. The molecule has 0 saturated heterocycles. The van der Waals surface area contributed by atoms with Gasteiger partial charge in [-0.15, -0.1) is 12.4 Å². The first-order chi connectivity index (χ1) is 9.97. The normalized spacial score (nSPS) is 11.7. The monoisotopic (exact) mass is 318 g/mol. The van der Waals surface area contributed by atoms with Gasteiger partial charge in [0, 0.05) is 17.3 Å². The topological polar surface area (TPSA) is 55.1 Å². The molecule has 0 aliphatic rings. The molecule has 0 bridgehead atoms. The van der Waals surface area contributed by atoms with E-state index >= 15 is 0 Å². The molecule has 4 heteroatoms. The molecule has 0 heterocycles. The average molecular weight is 319 g/mol. The highest BCUT2D eigenvalue weighted by Crippen LogP contribution is 2.17. The van der Waals surface area contributed by atoms with Crippen molar-refractivity contribution in [1.29, 1.82) is 0 Å². The Balaban J connectivity index is 0.00000242. The van der Waals surface area contributed by atoms with Crippen LogP contribution in [0.15, 0.2) is 48.5 Å². The lowest BCUT2D eigenvalue weighted by Gasteiger charge is -2.09. The number of hydrogen-bond acceptors (Lipinski definition) is 2. The minimum atomic E-state index is -0.0983. The van der Waals surface area contributed by atoms with Gasteiger partial charge in [0.2, 0.25) is 0 Å². The molecule has 3 nitrogen and oxygen atoms in total. The fourth-order valence-electron chi connectivity index (χ4n) is 2.09. The molecule has 3 N–H and O–H groups in total. The second kappa shape index (κ2) is 7.97. The van der Waals surface area contributed by atoms with Crippen molar-refractivity contribution in [1.82, 2.24) is 0 Å². The van der Waals surface area contributed by atoms with E-state index in [2.05, 4.69) is 19.2 Å². The van der Waals surface area contributed by atoms with Gasteiger partial charge in [0.15, 0.2) is 0 Å². The fourth-order valence-corrected chi connectivity index (χ4v) is 2.09. The third-order valence-corrected chi connectivity index (χ3v) is 3.53. The van der Waals surface area contributed by atoms with Crippen LogP contribution in [0.4, 0.5) is 5.69 Å². The minimum Gasteiger partial charge on any atom is -0.324 e. The van der Waals surface area contributed by atoms with Crippen molar-refractivity contribution in [3.05, 3.63) is 65.2 Å². The van der Waals surface area contributed by atoms with E-state index in [1.165, 1.54) is 5.56 Å². The van der Waals surface area contributed by atoms with E-state index in [0.29, 0.717) is 11.5 Å². The third kappa shape index (κ3) is 4.58. The number of nitrogens with one attached hydrogen (secondary N) is 1. The summed E-state index contributed by atoms with van der Waals surface area (Å²) < 4.78 is 0. The molecule has 0 radical (unpaired) electrons. The van der Waals surface area contributed by atoms with E-state index in [-0.39, 0.29) is 24.4 Å². The van der Waals surface area contributed by atoms with Crippen LogP contribution in [-0.4, -0.2) is 5.91 Å². The molecule has 1 amide bonds. The molecule has 0 aromatic heterocycles. The van der Waals surface area contributed by atoms with E-state index in [0.717, 1.165) is 11.3 Å². The molecule has 1 atom stereocenters. The first-order valence-corrected chi connectivity index (χ1v) is 7.24. The Labute approximate surface area is 138 Å². The van der Waals surface area contributed by atoms with Gasteiger partial charge in [0.1, 0.15) is 0 Å². The van der Waals surface area contributed by atoms with Gasteiger partial charge in [-0.25, -0.2) is 0 Å². The number of rotatable bonds is 4. The van der Waals surface area contributed by atoms with E-state index < -0.39 is 0 Å². The van der Waals surface area contributed by atoms with Crippen molar-refractivity contribution in [2.75, 3.05) is 5.32 Å². The standard InChI is InChI=1S/C18H22N2O.ClH/c1-12(2)14-4-6-16(7-5-14)18(21)20-17-10-8-15(9-11-17)13(3)19;/h4-13H,19H2,1-3H3,(H,20,21);1H. The average Bonchev–Trinajstić information content (AvgIpc) is 2.47. The molecule has 2 aromatic carbocycles. The zero-order valence-electron chi connectivity index (χ0n) is 13.2. The highest BCUT2D eigenvalue weighted by molar-refractivity contribution is 6.04. The Bertz CT molecular complexity index is 604. The van der Waals surface area contributed by atoms with Crippen LogP contribution in [0, 0.1) is 0 Å². The van der Waals surface area contributed by atoms with Gasteiger partial charge in [-0.2, -0.15) is 0 Å². The zero-order valence-corrected chi connectivity index (χ0v) is 14.0. The number of benzene rings is 2. The molecule has 0 spiro atoms. The van der Waals surface area contributed by atoms with Gasteiger partial charge in [0.05, 0.1) is 0 Å². The molecule has 118 valence electrons. The SMILES string of the molecule is CC(C)c1ccc(C(=O)Nc2ccc(C(C)N)cc2)cc1.Cl. The summed E-state index contributed by atoms with van der Waals surface area (Å²) in [6.07, 6.45) is 0. The maximum atomic E-state index is 12.2. The highest BCUT2D eigenvalue weighted by atomic mass is 35.5. The van der Waals surface area contributed by atoms with Crippen LogP contribution >= 0.6 is 12.4 Å². The van der Waals surface area contributed by atoms with Gasteiger partial charge in [-0.3, -0.25) is 4.79 Å². The molecular formula is C18H23ClN2O. The number of hydrogen-bond donors (Lipinski definition) is 2. The van der Waals surface area contributed by atoms with Crippen molar-refractivity contribution in [3.8, 4) is 0 Å². The maximum Gasteiger partial charge on any atom is 0.255 e. The van der Waals surface area contributed by atoms with E-state index in [1.807, 2.05) is 55.5 Å². The van der Waals surface area contributed by atoms with Crippen LogP contribution in [0.25, 0.3) is 0 Å². The van der Waals surface area contributed by atoms with Crippen LogP contribution in [-0.2, 0) is 0 Å². The van der Waals surface area contributed by atoms with Crippen molar-refractivity contribution in [3.63, 3.8) is 0 Å². The Morgan fingerprint density at radius 2 is 1.41 bits per heavy atom. The number of anilines is 1. The second-order valence-corrected chi connectivity index (χ2v) is 5.64. The fraction of sp³-hybridized carbons (Fsp3) is 0.278. The van der Waals surface area contributed by atoms with Crippen LogP contribution in [0.3, 0.4) is 0 Å².